The molecule has 0 aliphatic rings. The molecule has 11 heavy (non-hydrogen) atoms. The molecule has 0 saturated heterocycles. The molecule has 0 aliphatic carbocycles. The maximum Gasteiger partial charge on any atom is 0.126 e. The van der Waals surface area contributed by atoms with E-state index >= 15 is 0 Å². The second kappa shape index (κ2) is 3.59. The van der Waals surface area contributed by atoms with Gasteiger partial charge in [0.2, 0.25) is 0 Å². The molecule has 1 N–H and O–H groups in total. The highest BCUT2D eigenvalue weighted by molar-refractivity contribution is 7.83. The van der Waals surface area contributed by atoms with Gasteiger partial charge in [0.1, 0.15) is 11.0 Å². The number of nitrogens with one attached hydrogen (secondary N) is 1. The molecule has 0 saturated carbocycles. The summed E-state index contributed by atoms with van der Waals surface area (Å²) in [6.45, 7) is 1.92. The molecule has 0 fully saturated rings. The zero-order valence-corrected chi connectivity index (χ0v) is 7.31. The Morgan fingerprint density at radius 3 is 2.82 bits per heavy atom. The summed E-state index contributed by atoms with van der Waals surface area (Å²) in [4.78, 5) is 4.64. The van der Waals surface area contributed by atoms with Crippen LogP contribution < -0.4 is 4.72 Å². The minimum absolute atomic E-state index is 0.715. The van der Waals surface area contributed by atoms with E-state index < -0.39 is 11.0 Å². The first-order valence-electron chi connectivity index (χ1n) is 3.25. The topological polar surface area (TPSA) is 42.0 Å². The highest BCUT2D eigenvalue weighted by Crippen LogP contribution is 2.03. The molecule has 0 amide bonds. The van der Waals surface area contributed by atoms with Crippen molar-refractivity contribution >= 4 is 11.0 Å². The maximum atomic E-state index is 11.1. The fraction of sp³-hybridized carbons (Fsp3) is 0.286. The first-order valence-corrected chi connectivity index (χ1v) is 4.40. The van der Waals surface area contributed by atoms with Crippen molar-refractivity contribution in [3.05, 3.63) is 24.0 Å². The van der Waals surface area contributed by atoms with Crippen molar-refractivity contribution in [2.75, 3.05) is 7.05 Å². The Hall–Kier alpha value is -0.740. The number of aromatic nitrogens is 1. The van der Waals surface area contributed by atoms with Crippen molar-refractivity contribution in [2.24, 2.45) is 0 Å². The first kappa shape index (κ1) is 8.36. The quantitative estimate of drug-likeness (QED) is 0.707. The normalized spacial score (nSPS) is 12.9. The third kappa shape index (κ3) is 2.10. The number of rotatable bonds is 2. The minimum Gasteiger partial charge on any atom is -0.263 e. The van der Waals surface area contributed by atoms with Gasteiger partial charge in [-0.3, -0.25) is 4.98 Å². The van der Waals surface area contributed by atoms with Crippen LogP contribution in [0.4, 0.5) is 0 Å². The third-order valence-electron chi connectivity index (χ3n) is 1.25. The van der Waals surface area contributed by atoms with Gasteiger partial charge in [0.05, 0.1) is 4.90 Å². The molecule has 0 bridgehead atoms. The van der Waals surface area contributed by atoms with Crippen molar-refractivity contribution in [3.8, 4) is 0 Å². The zero-order chi connectivity index (χ0) is 8.27. The maximum absolute atomic E-state index is 11.1. The van der Waals surface area contributed by atoms with Gasteiger partial charge in [0, 0.05) is 12.4 Å². The van der Waals surface area contributed by atoms with E-state index in [0.717, 1.165) is 5.56 Å². The lowest BCUT2D eigenvalue weighted by molar-refractivity contribution is 0.677. The van der Waals surface area contributed by atoms with Gasteiger partial charge in [-0.1, -0.05) is 0 Å². The Kier molecular flexibility index (Phi) is 2.73. The van der Waals surface area contributed by atoms with E-state index in [9.17, 15) is 4.21 Å². The molecule has 60 valence electrons. The van der Waals surface area contributed by atoms with Gasteiger partial charge in [0.15, 0.2) is 0 Å². The summed E-state index contributed by atoms with van der Waals surface area (Å²) >= 11 is 0. The second-order valence-electron chi connectivity index (χ2n) is 2.17. The lowest BCUT2D eigenvalue weighted by Crippen LogP contribution is -2.10. The molecule has 1 unspecified atom stereocenters. The van der Waals surface area contributed by atoms with Gasteiger partial charge in [-0.25, -0.2) is 8.93 Å². The van der Waals surface area contributed by atoms with Crippen LogP contribution in [0.5, 0.6) is 0 Å². The van der Waals surface area contributed by atoms with E-state index in [-0.39, 0.29) is 0 Å². The lowest BCUT2D eigenvalue weighted by Gasteiger charge is -1.98. The summed E-state index contributed by atoms with van der Waals surface area (Å²) in [5.74, 6) is 0. The molecule has 1 rings (SSSR count). The van der Waals surface area contributed by atoms with Gasteiger partial charge in [-0.2, -0.15) is 0 Å². The monoisotopic (exact) mass is 170 g/mol. The Balaban J connectivity index is 2.96. The first-order chi connectivity index (χ1) is 5.24. The largest absolute Gasteiger partial charge is 0.263 e. The minimum atomic E-state index is -1.11. The van der Waals surface area contributed by atoms with Gasteiger partial charge in [-0.05, 0) is 25.6 Å². The van der Waals surface area contributed by atoms with Crippen molar-refractivity contribution in [2.45, 2.75) is 11.8 Å². The summed E-state index contributed by atoms with van der Waals surface area (Å²) in [6.07, 6.45) is 3.33. The van der Waals surface area contributed by atoms with Crippen LogP contribution in [0.15, 0.2) is 23.4 Å². The summed E-state index contributed by atoms with van der Waals surface area (Å²) < 4.78 is 13.8. The van der Waals surface area contributed by atoms with Crippen molar-refractivity contribution in [3.63, 3.8) is 0 Å². The molecule has 0 aromatic carbocycles. The highest BCUT2D eigenvalue weighted by Gasteiger charge is 1.99. The average Bonchev–Trinajstić information content (AvgIpc) is 2.03. The number of hydrogen-bond donors (Lipinski definition) is 1. The summed E-state index contributed by atoms with van der Waals surface area (Å²) in [7, 11) is 0.538. The number of nitrogens with zero attached hydrogens (tertiary/aromatic N) is 1. The molecule has 0 radical (unpaired) electrons. The van der Waals surface area contributed by atoms with Crippen LogP contribution in [0.2, 0.25) is 0 Å². The van der Waals surface area contributed by atoms with Crippen LogP contribution in [0.3, 0.4) is 0 Å². The predicted octanol–water partition coefficient (Wildman–Crippen LogP) is 0.632. The van der Waals surface area contributed by atoms with Gasteiger partial charge < -0.3 is 0 Å². The lowest BCUT2D eigenvalue weighted by atomic mass is 10.3. The molecule has 1 atom stereocenters. The van der Waals surface area contributed by atoms with E-state index in [4.69, 9.17) is 0 Å². The van der Waals surface area contributed by atoms with Gasteiger partial charge in [0.25, 0.3) is 0 Å². The van der Waals surface area contributed by atoms with E-state index in [2.05, 4.69) is 9.71 Å². The molecule has 1 heterocycles. The van der Waals surface area contributed by atoms with Gasteiger partial charge in [-0.15, -0.1) is 0 Å². The third-order valence-corrected chi connectivity index (χ3v) is 2.27. The zero-order valence-electron chi connectivity index (χ0n) is 6.50. The van der Waals surface area contributed by atoms with E-state index in [1.165, 1.54) is 0 Å². The molecular formula is C7H10N2OS. The Morgan fingerprint density at radius 1 is 1.55 bits per heavy atom. The van der Waals surface area contributed by atoms with E-state index in [1.54, 1.807) is 19.4 Å². The Morgan fingerprint density at radius 2 is 2.27 bits per heavy atom. The Bertz CT molecular complexity index is 275. The molecule has 4 heteroatoms. The van der Waals surface area contributed by atoms with Crippen LogP contribution in [-0.2, 0) is 11.0 Å². The standard InChI is InChI=1S/C7H10N2OS/c1-6-3-7(5-9-4-6)11(10)8-2/h3-5,8H,1-2H3. The second-order valence-corrected chi connectivity index (χ2v) is 3.59. The molecule has 3 nitrogen and oxygen atoms in total. The van der Waals surface area contributed by atoms with Crippen LogP contribution in [0.1, 0.15) is 5.56 Å². The predicted molar refractivity (Wildman–Crippen MR) is 44.4 cm³/mol. The molecule has 1 aromatic rings. The highest BCUT2D eigenvalue weighted by atomic mass is 32.2. The van der Waals surface area contributed by atoms with E-state index in [0.29, 0.717) is 4.90 Å². The van der Waals surface area contributed by atoms with Crippen LogP contribution in [0.25, 0.3) is 0 Å². The van der Waals surface area contributed by atoms with Crippen molar-refractivity contribution in [1.82, 2.24) is 9.71 Å². The average molecular weight is 170 g/mol. The fourth-order valence-corrected chi connectivity index (χ4v) is 1.43. The molecule has 0 spiro atoms. The number of aryl methyl sites for hydroxylation is 1. The number of pyridine rings is 1. The van der Waals surface area contributed by atoms with Crippen LogP contribution >= 0.6 is 0 Å². The van der Waals surface area contributed by atoms with Crippen molar-refractivity contribution < 1.29 is 4.21 Å². The summed E-state index contributed by atoms with van der Waals surface area (Å²) in [5.41, 5.74) is 1.02. The summed E-state index contributed by atoms with van der Waals surface area (Å²) in [5, 5.41) is 0. The van der Waals surface area contributed by atoms with Gasteiger partial charge >= 0.3 is 0 Å². The molecule has 0 aliphatic heterocycles. The SMILES string of the molecule is CNS(=O)c1cncc(C)c1. The van der Waals surface area contributed by atoms with E-state index in [1.807, 2.05) is 13.0 Å². The van der Waals surface area contributed by atoms with Crippen LogP contribution in [0, 0.1) is 6.92 Å². The number of hydrogen-bond acceptors (Lipinski definition) is 2. The smallest absolute Gasteiger partial charge is 0.126 e. The summed E-state index contributed by atoms with van der Waals surface area (Å²) in [6, 6.07) is 1.85. The van der Waals surface area contributed by atoms with Crippen LogP contribution in [-0.4, -0.2) is 16.2 Å². The fourth-order valence-electron chi connectivity index (χ4n) is 0.746. The van der Waals surface area contributed by atoms with Crippen molar-refractivity contribution in [1.29, 1.82) is 0 Å². The Labute approximate surface area is 68.4 Å². The molecule has 1 aromatic heterocycles. The molecular weight excluding hydrogens is 160 g/mol.